The first-order valence-electron chi connectivity index (χ1n) is 23.4. The van der Waals surface area contributed by atoms with Crippen LogP contribution >= 0.6 is 0 Å². The highest BCUT2D eigenvalue weighted by Gasteiger charge is 2.50. The minimum atomic E-state index is -1.78. The molecule has 0 aromatic carbocycles. The lowest BCUT2D eigenvalue weighted by molar-refractivity contribution is -0.359. The Morgan fingerprint density at radius 1 is 0.593 bits per heavy atom. The minimum absolute atomic E-state index is 0.243. The number of amides is 1. The van der Waals surface area contributed by atoms with Gasteiger partial charge in [0, 0.05) is 6.42 Å². The molecule has 2 fully saturated rings. The summed E-state index contributed by atoms with van der Waals surface area (Å²) in [4.78, 5) is 13.0. The van der Waals surface area contributed by atoms with Crippen LogP contribution in [-0.4, -0.2) is 140 Å². The van der Waals surface area contributed by atoms with Gasteiger partial charge in [0.05, 0.1) is 32.0 Å². The van der Waals surface area contributed by atoms with Gasteiger partial charge in [-0.05, 0) is 19.3 Å². The Morgan fingerprint density at radius 2 is 1.05 bits per heavy atom. The monoisotopic (exact) mass is 848 g/mol. The number of ether oxygens (including phenoxy) is 4. The lowest BCUT2D eigenvalue weighted by Gasteiger charge is -2.46. The van der Waals surface area contributed by atoms with Crippen molar-refractivity contribution in [3.8, 4) is 0 Å². The number of unbranched alkanes of at least 4 members (excludes halogenated alkanes) is 22. The third-order valence-electron chi connectivity index (χ3n) is 11.7. The van der Waals surface area contributed by atoms with Gasteiger partial charge in [-0.3, -0.25) is 4.79 Å². The molecule has 4 unspecified atom stereocenters. The van der Waals surface area contributed by atoms with Gasteiger partial charge in [-0.1, -0.05) is 161 Å². The van der Waals surface area contributed by atoms with E-state index in [1.165, 1.54) is 109 Å². The molecule has 2 saturated heterocycles. The molecule has 1 amide bonds. The highest BCUT2D eigenvalue weighted by molar-refractivity contribution is 5.76. The van der Waals surface area contributed by atoms with Crippen molar-refractivity contribution in [3.05, 3.63) is 12.2 Å². The number of aliphatic hydroxyl groups excluding tert-OH is 8. The number of hydrogen-bond acceptors (Lipinski definition) is 13. The summed E-state index contributed by atoms with van der Waals surface area (Å²) in [5.41, 5.74) is 0. The van der Waals surface area contributed by atoms with Gasteiger partial charge in [0.25, 0.3) is 0 Å². The second-order valence-electron chi connectivity index (χ2n) is 16.9. The molecule has 2 heterocycles. The molecule has 2 rings (SSSR count). The maximum Gasteiger partial charge on any atom is 0.220 e. The predicted octanol–water partition coefficient (Wildman–Crippen LogP) is 4.82. The Balaban J connectivity index is 1.88. The molecule has 2 aliphatic heterocycles. The Labute approximate surface area is 355 Å². The van der Waals surface area contributed by atoms with Crippen LogP contribution in [0.15, 0.2) is 12.2 Å². The molecule has 2 aliphatic rings. The van der Waals surface area contributed by atoms with Gasteiger partial charge in [-0.25, -0.2) is 0 Å². The van der Waals surface area contributed by atoms with Crippen LogP contribution in [0.4, 0.5) is 0 Å². The summed E-state index contributed by atoms with van der Waals surface area (Å²) in [5, 5.41) is 86.4. The van der Waals surface area contributed by atoms with E-state index in [1.54, 1.807) is 6.08 Å². The average Bonchev–Trinajstić information content (AvgIpc) is 3.23. The fraction of sp³-hybridized carbons (Fsp3) is 0.933. The number of hydrogen-bond donors (Lipinski definition) is 9. The predicted molar refractivity (Wildman–Crippen MR) is 226 cm³/mol. The number of rotatable bonds is 35. The van der Waals surface area contributed by atoms with E-state index >= 15 is 0 Å². The van der Waals surface area contributed by atoms with Crippen molar-refractivity contribution in [2.75, 3.05) is 19.8 Å². The number of allylic oxidation sites excluding steroid dienone is 1. The van der Waals surface area contributed by atoms with Crippen molar-refractivity contribution in [3.63, 3.8) is 0 Å². The first-order chi connectivity index (χ1) is 28.6. The molecule has 0 saturated carbocycles. The third kappa shape index (κ3) is 21.6. The van der Waals surface area contributed by atoms with E-state index in [9.17, 15) is 45.6 Å². The summed E-state index contributed by atoms with van der Waals surface area (Å²) in [6, 6.07) is -0.905. The van der Waals surface area contributed by atoms with Gasteiger partial charge < -0.3 is 65.1 Å². The molecular weight excluding hydrogens is 762 g/mol. The van der Waals surface area contributed by atoms with Crippen LogP contribution in [0, 0.1) is 0 Å². The molecule has 0 radical (unpaired) electrons. The zero-order chi connectivity index (χ0) is 43.3. The first-order valence-corrected chi connectivity index (χ1v) is 23.4. The molecule has 0 bridgehead atoms. The van der Waals surface area contributed by atoms with Crippen molar-refractivity contribution in [2.45, 2.75) is 248 Å². The normalized spacial score (nSPS) is 28.6. The van der Waals surface area contributed by atoms with Crippen LogP contribution in [-0.2, 0) is 23.7 Å². The smallest absolute Gasteiger partial charge is 0.220 e. The molecule has 9 N–H and O–H groups in total. The lowest BCUT2D eigenvalue weighted by Crippen LogP contribution is -2.65. The number of carbonyl (C=O) groups excluding carboxylic acids is 1. The van der Waals surface area contributed by atoms with Gasteiger partial charge >= 0.3 is 0 Å². The van der Waals surface area contributed by atoms with Crippen LogP contribution in [0.5, 0.6) is 0 Å². The lowest BCUT2D eigenvalue weighted by atomic mass is 9.97. The van der Waals surface area contributed by atoms with E-state index in [0.717, 1.165) is 38.5 Å². The van der Waals surface area contributed by atoms with Crippen LogP contribution in [0.2, 0.25) is 0 Å². The van der Waals surface area contributed by atoms with Crippen molar-refractivity contribution >= 4 is 5.91 Å². The van der Waals surface area contributed by atoms with E-state index in [0.29, 0.717) is 6.42 Å². The Hall–Kier alpha value is -1.27. The standard InChI is InChI=1S/C45H85NO13/c1-3-5-7-9-11-13-14-15-16-17-18-19-21-22-24-26-28-34(49)33(46-37(50)29-27-25-23-20-12-10-8-6-4-2)32-56-44-42(55)40(53)43(36(31-48)58-44)59-45-41(54)39(52)38(51)35(30-47)57-45/h26,28,33-36,38-45,47-49,51-55H,3-25,27,29-32H2,1-2H3,(H,46,50)/b28-26+/t33-,34+,35+,36+,38-,39?,40?,41?,42?,43+,44+,45-/m0/s1. The van der Waals surface area contributed by atoms with Crippen molar-refractivity contribution in [2.24, 2.45) is 0 Å². The molecule has 348 valence electrons. The Kier molecular flexibility index (Phi) is 30.4. The third-order valence-corrected chi connectivity index (χ3v) is 11.7. The van der Waals surface area contributed by atoms with Gasteiger partial charge in [-0.2, -0.15) is 0 Å². The average molecular weight is 848 g/mol. The summed E-state index contributed by atoms with van der Waals surface area (Å²) in [7, 11) is 0. The summed E-state index contributed by atoms with van der Waals surface area (Å²) >= 11 is 0. The Bertz CT molecular complexity index is 1050. The molecule has 12 atom stereocenters. The highest BCUT2D eigenvalue weighted by Crippen LogP contribution is 2.30. The molecule has 0 aromatic rings. The van der Waals surface area contributed by atoms with Gasteiger partial charge in [0.2, 0.25) is 5.91 Å². The van der Waals surface area contributed by atoms with E-state index in [2.05, 4.69) is 19.2 Å². The number of carbonyl (C=O) groups is 1. The molecule has 0 aliphatic carbocycles. The van der Waals surface area contributed by atoms with E-state index in [4.69, 9.17) is 18.9 Å². The maximum absolute atomic E-state index is 13.0. The SMILES string of the molecule is CCCCCCCCCCCCCCCC/C=C/[C@@H](O)[C@H](CO[C@@H]1O[C@H](CO)[C@@H](O[C@@H]2O[C@H](CO)[C@H](O)C(O)C2O)C(O)C1O)NC(=O)CCCCCCCCCCC. The molecule has 14 nitrogen and oxygen atoms in total. The fourth-order valence-electron chi connectivity index (χ4n) is 7.82. The second kappa shape index (κ2) is 33.3. The van der Waals surface area contributed by atoms with E-state index in [1.807, 2.05) is 6.08 Å². The summed E-state index contributed by atoms with van der Waals surface area (Å²) in [5.74, 6) is -0.243. The zero-order valence-electron chi connectivity index (χ0n) is 36.5. The van der Waals surface area contributed by atoms with Crippen molar-refractivity contribution < 1.29 is 64.6 Å². The zero-order valence-corrected chi connectivity index (χ0v) is 36.5. The largest absolute Gasteiger partial charge is 0.394 e. The van der Waals surface area contributed by atoms with Crippen molar-refractivity contribution in [1.29, 1.82) is 0 Å². The van der Waals surface area contributed by atoms with Crippen molar-refractivity contribution in [1.82, 2.24) is 5.32 Å². The van der Waals surface area contributed by atoms with Gasteiger partial charge in [-0.15, -0.1) is 0 Å². The van der Waals surface area contributed by atoms with Crippen LogP contribution in [0.3, 0.4) is 0 Å². The molecule has 14 heteroatoms. The second-order valence-corrected chi connectivity index (χ2v) is 16.9. The van der Waals surface area contributed by atoms with Gasteiger partial charge in [0.1, 0.15) is 48.8 Å². The molecule has 0 spiro atoms. The Morgan fingerprint density at radius 3 is 1.56 bits per heavy atom. The molecule has 0 aromatic heterocycles. The summed E-state index contributed by atoms with van der Waals surface area (Å²) in [6.45, 7) is 2.74. The quantitative estimate of drug-likeness (QED) is 0.0308. The van der Waals surface area contributed by atoms with Crippen LogP contribution in [0.25, 0.3) is 0 Å². The fourth-order valence-corrected chi connectivity index (χ4v) is 7.82. The molecular formula is C45H85NO13. The van der Waals surface area contributed by atoms with Crippen LogP contribution in [0.1, 0.15) is 174 Å². The molecule has 59 heavy (non-hydrogen) atoms. The first kappa shape index (κ1) is 53.9. The summed E-state index contributed by atoms with van der Waals surface area (Å²) in [6.07, 6.45) is 15.5. The number of aliphatic hydroxyl groups is 8. The maximum atomic E-state index is 13.0. The van der Waals surface area contributed by atoms with E-state index < -0.39 is 86.8 Å². The summed E-state index contributed by atoms with van der Waals surface area (Å²) < 4.78 is 22.6. The topological polar surface area (TPSA) is 228 Å². The minimum Gasteiger partial charge on any atom is -0.394 e. The van der Waals surface area contributed by atoms with Crippen LogP contribution < -0.4 is 5.32 Å². The van der Waals surface area contributed by atoms with Gasteiger partial charge in [0.15, 0.2) is 12.6 Å². The highest BCUT2D eigenvalue weighted by atomic mass is 16.7. The van der Waals surface area contributed by atoms with E-state index in [-0.39, 0.29) is 18.9 Å². The number of nitrogens with one attached hydrogen (secondary N) is 1.